The second kappa shape index (κ2) is 8.13. The molecule has 0 fully saturated rings. The number of fused-ring (bicyclic) bond motifs is 1. The highest BCUT2D eigenvalue weighted by molar-refractivity contribution is 6.02. The molecule has 5 heteroatoms. The topological polar surface area (TPSA) is 68.4 Å². The Labute approximate surface area is 164 Å². The number of esters is 2. The lowest BCUT2D eigenvalue weighted by atomic mass is 9.77. The molecule has 2 aromatic carbocycles. The first-order valence-corrected chi connectivity index (χ1v) is 9.00. The van der Waals surface area contributed by atoms with Gasteiger partial charge < -0.3 is 14.5 Å². The molecule has 1 heterocycles. The second-order valence-electron chi connectivity index (χ2n) is 6.63. The van der Waals surface area contributed by atoms with E-state index in [1.807, 2.05) is 54.6 Å². The Kier molecular flexibility index (Phi) is 5.64. The number of ether oxygens (including phenoxy) is 2. The SMILES string of the molecule is C=CCC(Cc1c(-c2ccccc2)[nH]c2ccccc12)(C(=O)OC)C(=O)OC. The Morgan fingerprint density at radius 3 is 2.21 bits per heavy atom. The highest BCUT2D eigenvalue weighted by Crippen LogP contribution is 2.38. The summed E-state index contributed by atoms with van der Waals surface area (Å²) in [7, 11) is 2.55. The van der Waals surface area contributed by atoms with E-state index in [-0.39, 0.29) is 12.8 Å². The van der Waals surface area contributed by atoms with Gasteiger partial charge in [0.05, 0.1) is 14.2 Å². The number of carbonyl (C=O) groups is 2. The van der Waals surface area contributed by atoms with Crippen molar-refractivity contribution in [3.8, 4) is 11.3 Å². The highest BCUT2D eigenvalue weighted by atomic mass is 16.5. The second-order valence-corrected chi connectivity index (χ2v) is 6.63. The van der Waals surface area contributed by atoms with Crippen LogP contribution in [-0.4, -0.2) is 31.1 Å². The Bertz CT molecular complexity index is 988. The first-order valence-electron chi connectivity index (χ1n) is 9.00. The Hall–Kier alpha value is -3.34. The van der Waals surface area contributed by atoms with Gasteiger partial charge in [-0.25, -0.2) is 0 Å². The number of aromatic amines is 1. The molecule has 0 aliphatic heterocycles. The molecule has 0 spiro atoms. The van der Waals surface area contributed by atoms with Crippen molar-refractivity contribution in [3.63, 3.8) is 0 Å². The predicted molar refractivity (Wildman–Crippen MR) is 109 cm³/mol. The van der Waals surface area contributed by atoms with E-state index in [4.69, 9.17) is 9.47 Å². The van der Waals surface area contributed by atoms with Gasteiger partial charge in [0.2, 0.25) is 0 Å². The van der Waals surface area contributed by atoms with Crippen LogP contribution >= 0.6 is 0 Å². The number of para-hydroxylation sites is 1. The minimum Gasteiger partial charge on any atom is -0.468 e. The summed E-state index contributed by atoms with van der Waals surface area (Å²) >= 11 is 0. The standard InChI is InChI=1S/C23H23NO4/c1-4-14-23(21(25)27-2,22(26)28-3)15-18-17-12-8-9-13-19(17)24-20(18)16-10-6-5-7-11-16/h4-13,24H,1,14-15H2,2-3H3. The number of aromatic nitrogens is 1. The van der Waals surface area contributed by atoms with Crippen molar-refractivity contribution in [3.05, 3.63) is 72.8 Å². The molecular weight excluding hydrogens is 354 g/mol. The molecule has 0 radical (unpaired) electrons. The molecule has 0 bridgehead atoms. The normalized spacial score (nSPS) is 11.2. The van der Waals surface area contributed by atoms with Crippen LogP contribution in [0.5, 0.6) is 0 Å². The summed E-state index contributed by atoms with van der Waals surface area (Å²) in [5.41, 5.74) is 2.12. The summed E-state index contributed by atoms with van der Waals surface area (Å²) < 4.78 is 10.00. The number of carbonyl (C=O) groups excluding carboxylic acids is 2. The lowest BCUT2D eigenvalue weighted by Crippen LogP contribution is -2.43. The Balaban J connectivity index is 2.24. The van der Waals surface area contributed by atoms with E-state index in [9.17, 15) is 9.59 Å². The summed E-state index contributed by atoms with van der Waals surface area (Å²) in [4.78, 5) is 28.9. The van der Waals surface area contributed by atoms with E-state index >= 15 is 0 Å². The molecule has 0 saturated carbocycles. The molecule has 0 unspecified atom stereocenters. The fourth-order valence-corrected chi connectivity index (χ4v) is 3.64. The fourth-order valence-electron chi connectivity index (χ4n) is 3.64. The molecule has 0 aliphatic rings. The number of nitrogens with one attached hydrogen (secondary N) is 1. The average molecular weight is 377 g/mol. The van der Waals surface area contributed by atoms with Crippen LogP contribution in [0.4, 0.5) is 0 Å². The lowest BCUT2D eigenvalue weighted by molar-refractivity contribution is -0.168. The zero-order chi connectivity index (χ0) is 20.1. The van der Waals surface area contributed by atoms with Crippen LogP contribution in [0.25, 0.3) is 22.2 Å². The van der Waals surface area contributed by atoms with Crippen molar-refractivity contribution < 1.29 is 19.1 Å². The van der Waals surface area contributed by atoms with E-state index in [1.165, 1.54) is 14.2 Å². The van der Waals surface area contributed by atoms with Crippen LogP contribution in [0, 0.1) is 5.41 Å². The molecule has 0 amide bonds. The average Bonchev–Trinajstić information content (AvgIpc) is 3.11. The Morgan fingerprint density at radius 1 is 1.00 bits per heavy atom. The van der Waals surface area contributed by atoms with Gasteiger partial charge in [-0.1, -0.05) is 54.6 Å². The number of hydrogen-bond acceptors (Lipinski definition) is 4. The Morgan fingerprint density at radius 2 is 1.61 bits per heavy atom. The van der Waals surface area contributed by atoms with Gasteiger partial charge in [-0.15, -0.1) is 6.58 Å². The van der Waals surface area contributed by atoms with Crippen molar-refractivity contribution in [1.29, 1.82) is 0 Å². The van der Waals surface area contributed by atoms with Gasteiger partial charge in [0.1, 0.15) is 0 Å². The first kappa shape index (κ1) is 19.4. The van der Waals surface area contributed by atoms with E-state index in [1.54, 1.807) is 6.08 Å². The van der Waals surface area contributed by atoms with Crippen LogP contribution in [-0.2, 0) is 25.5 Å². The number of benzene rings is 2. The summed E-state index contributed by atoms with van der Waals surface area (Å²) in [6.45, 7) is 3.73. The third-order valence-corrected chi connectivity index (χ3v) is 5.00. The molecule has 1 aromatic heterocycles. The van der Waals surface area contributed by atoms with Crippen molar-refractivity contribution in [2.75, 3.05) is 14.2 Å². The number of rotatable bonds is 7. The minimum absolute atomic E-state index is 0.111. The molecule has 144 valence electrons. The maximum Gasteiger partial charge on any atom is 0.323 e. The third-order valence-electron chi connectivity index (χ3n) is 5.00. The van der Waals surface area contributed by atoms with E-state index in [0.29, 0.717) is 0 Å². The fraction of sp³-hybridized carbons (Fsp3) is 0.217. The number of methoxy groups -OCH3 is 2. The van der Waals surface area contributed by atoms with E-state index in [0.717, 1.165) is 27.7 Å². The smallest absolute Gasteiger partial charge is 0.323 e. The molecular formula is C23H23NO4. The van der Waals surface area contributed by atoms with E-state index in [2.05, 4.69) is 11.6 Å². The minimum atomic E-state index is -1.50. The molecule has 0 aliphatic carbocycles. The number of hydrogen-bond donors (Lipinski definition) is 1. The van der Waals surface area contributed by atoms with Crippen LogP contribution in [0.15, 0.2) is 67.3 Å². The van der Waals surface area contributed by atoms with Crippen molar-refractivity contribution in [2.24, 2.45) is 5.41 Å². The van der Waals surface area contributed by atoms with Gasteiger partial charge in [-0.2, -0.15) is 0 Å². The molecule has 28 heavy (non-hydrogen) atoms. The largest absolute Gasteiger partial charge is 0.468 e. The van der Waals surface area contributed by atoms with Gasteiger partial charge in [0.25, 0.3) is 0 Å². The van der Waals surface area contributed by atoms with Gasteiger partial charge in [0, 0.05) is 23.0 Å². The maximum atomic E-state index is 12.8. The first-order chi connectivity index (χ1) is 13.6. The predicted octanol–water partition coefficient (Wildman–Crippen LogP) is 4.29. The quantitative estimate of drug-likeness (QED) is 0.379. The van der Waals surface area contributed by atoms with Crippen LogP contribution in [0.2, 0.25) is 0 Å². The summed E-state index contributed by atoms with van der Waals surface area (Å²) in [6, 6.07) is 17.6. The zero-order valence-corrected chi connectivity index (χ0v) is 16.0. The number of allylic oxidation sites excluding steroid dienone is 1. The van der Waals surface area contributed by atoms with Gasteiger partial charge in [-0.05, 0) is 23.6 Å². The van der Waals surface area contributed by atoms with Crippen LogP contribution in [0.1, 0.15) is 12.0 Å². The molecule has 0 atom stereocenters. The molecule has 1 N–H and O–H groups in total. The molecule has 3 rings (SSSR count). The van der Waals surface area contributed by atoms with E-state index < -0.39 is 17.4 Å². The molecule has 0 saturated heterocycles. The number of H-pyrrole nitrogens is 1. The molecule has 5 nitrogen and oxygen atoms in total. The van der Waals surface area contributed by atoms with Gasteiger partial charge in [-0.3, -0.25) is 9.59 Å². The van der Waals surface area contributed by atoms with Crippen LogP contribution in [0.3, 0.4) is 0 Å². The highest BCUT2D eigenvalue weighted by Gasteiger charge is 2.48. The van der Waals surface area contributed by atoms with Crippen molar-refractivity contribution >= 4 is 22.8 Å². The van der Waals surface area contributed by atoms with Crippen LogP contribution < -0.4 is 0 Å². The third kappa shape index (κ3) is 3.31. The summed E-state index contributed by atoms with van der Waals surface area (Å²) in [5, 5.41) is 0.947. The lowest BCUT2D eigenvalue weighted by Gasteiger charge is -2.27. The summed E-state index contributed by atoms with van der Waals surface area (Å²) in [6.07, 6.45) is 1.79. The van der Waals surface area contributed by atoms with Crippen molar-refractivity contribution in [2.45, 2.75) is 12.8 Å². The maximum absolute atomic E-state index is 12.8. The van der Waals surface area contributed by atoms with Gasteiger partial charge >= 0.3 is 11.9 Å². The van der Waals surface area contributed by atoms with Crippen molar-refractivity contribution in [1.82, 2.24) is 4.98 Å². The molecule has 3 aromatic rings. The summed E-state index contributed by atoms with van der Waals surface area (Å²) in [5.74, 6) is -1.27. The van der Waals surface area contributed by atoms with Gasteiger partial charge in [0.15, 0.2) is 5.41 Å². The zero-order valence-electron chi connectivity index (χ0n) is 16.0. The monoisotopic (exact) mass is 377 g/mol.